The Labute approximate surface area is 97.0 Å². The first kappa shape index (κ1) is 10.2. The summed E-state index contributed by atoms with van der Waals surface area (Å²) in [6.45, 7) is 1.18. The number of hydrogen-bond acceptors (Lipinski definition) is 6. The Morgan fingerprint density at radius 1 is 1.35 bits per heavy atom. The van der Waals surface area contributed by atoms with Crippen LogP contribution in [0.25, 0.3) is 11.4 Å². The second-order valence-electron chi connectivity index (χ2n) is 3.81. The lowest BCUT2D eigenvalue weighted by Crippen LogP contribution is -1.96. The van der Waals surface area contributed by atoms with Crippen LogP contribution >= 0.6 is 0 Å². The van der Waals surface area contributed by atoms with Crippen LogP contribution in [-0.4, -0.2) is 15.2 Å². The number of phenolic OH excluding ortho intramolecular Hbond substituents is 1. The molecule has 1 aliphatic rings. The fraction of sp³-hybridized carbons (Fsp3) is 0.273. The van der Waals surface area contributed by atoms with Crippen molar-refractivity contribution in [2.75, 3.05) is 0 Å². The zero-order valence-electron chi connectivity index (χ0n) is 9.01. The van der Waals surface area contributed by atoms with Gasteiger partial charge >= 0.3 is 0 Å². The molecule has 0 atom stereocenters. The van der Waals surface area contributed by atoms with Gasteiger partial charge in [0.2, 0.25) is 11.7 Å². The van der Waals surface area contributed by atoms with Gasteiger partial charge in [-0.1, -0.05) is 11.2 Å². The van der Waals surface area contributed by atoms with Crippen molar-refractivity contribution >= 4 is 0 Å². The Balaban J connectivity index is 2.16. The number of rotatable bonds is 2. The molecule has 0 aliphatic carbocycles. The van der Waals surface area contributed by atoms with Crippen molar-refractivity contribution in [1.29, 1.82) is 0 Å². The summed E-state index contributed by atoms with van der Waals surface area (Å²) in [6.07, 6.45) is 0. The first-order chi connectivity index (χ1) is 8.29. The molecule has 0 bridgehead atoms. The van der Waals surface area contributed by atoms with Gasteiger partial charge in [-0.25, -0.2) is 0 Å². The van der Waals surface area contributed by atoms with Crippen molar-refractivity contribution in [1.82, 2.24) is 10.1 Å². The molecule has 0 fully saturated rings. The van der Waals surface area contributed by atoms with E-state index in [2.05, 4.69) is 10.1 Å². The van der Waals surface area contributed by atoms with E-state index in [4.69, 9.17) is 15.0 Å². The van der Waals surface area contributed by atoms with E-state index >= 15 is 0 Å². The predicted octanol–water partition coefficient (Wildman–Crippen LogP) is 0.931. The van der Waals surface area contributed by atoms with Gasteiger partial charge in [0.15, 0.2) is 0 Å². The predicted molar refractivity (Wildman–Crippen MR) is 57.8 cm³/mol. The number of ether oxygens (including phenoxy) is 1. The number of aromatic hydroxyl groups is 1. The lowest BCUT2D eigenvalue weighted by atomic mass is 10.0. The van der Waals surface area contributed by atoms with Crippen LogP contribution in [-0.2, 0) is 24.5 Å². The van der Waals surface area contributed by atoms with Crippen LogP contribution in [0, 0.1) is 0 Å². The largest absolute Gasteiger partial charge is 0.507 e. The van der Waals surface area contributed by atoms with Crippen molar-refractivity contribution < 1.29 is 14.4 Å². The van der Waals surface area contributed by atoms with E-state index < -0.39 is 0 Å². The molecule has 0 spiro atoms. The molecule has 3 N–H and O–H groups in total. The molecule has 88 valence electrons. The van der Waals surface area contributed by atoms with Gasteiger partial charge in [-0.15, -0.1) is 0 Å². The third-order valence-corrected chi connectivity index (χ3v) is 2.76. The Kier molecular flexibility index (Phi) is 2.31. The molecule has 0 unspecified atom stereocenters. The van der Waals surface area contributed by atoms with Gasteiger partial charge in [-0.3, -0.25) is 0 Å². The molecule has 2 heterocycles. The maximum absolute atomic E-state index is 9.90. The fourth-order valence-electron chi connectivity index (χ4n) is 1.93. The summed E-state index contributed by atoms with van der Waals surface area (Å²) in [5, 5.41) is 13.7. The number of phenols is 1. The van der Waals surface area contributed by atoms with Crippen LogP contribution in [0.1, 0.15) is 17.0 Å². The highest BCUT2D eigenvalue weighted by atomic mass is 16.5. The second kappa shape index (κ2) is 3.83. The zero-order chi connectivity index (χ0) is 11.8. The fourth-order valence-corrected chi connectivity index (χ4v) is 1.93. The molecule has 0 saturated carbocycles. The third kappa shape index (κ3) is 1.58. The van der Waals surface area contributed by atoms with Gasteiger partial charge in [-0.05, 0) is 17.2 Å². The number of nitrogens with two attached hydrogens (primary N) is 1. The summed E-state index contributed by atoms with van der Waals surface area (Å²) >= 11 is 0. The van der Waals surface area contributed by atoms with Gasteiger partial charge in [0.05, 0.1) is 25.3 Å². The van der Waals surface area contributed by atoms with Crippen molar-refractivity contribution in [2.24, 2.45) is 5.73 Å². The topological polar surface area (TPSA) is 94.4 Å². The van der Waals surface area contributed by atoms with E-state index in [0.717, 1.165) is 11.1 Å². The third-order valence-electron chi connectivity index (χ3n) is 2.76. The summed E-state index contributed by atoms with van der Waals surface area (Å²) in [5.74, 6) is 0.819. The van der Waals surface area contributed by atoms with Gasteiger partial charge in [-0.2, -0.15) is 4.98 Å². The summed E-state index contributed by atoms with van der Waals surface area (Å²) in [7, 11) is 0. The molecule has 0 radical (unpaired) electrons. The van der Waals surface area contributed by atoms with Crippen LogP contribution in [0.15, 0.2) is 16.7 Å². The van der Waals surface area contributed by atoms with Crippen LogP contribution in [0.4, 0.5) is 0 Å². The summed E-state index contributed by atoms with van der Waals surface area (Å²) in [4.78, 5) is 4.12. The lowest BCUT2D eigenvalue weighted by Gasteiger charge is -2.05. The van der Waals surface area contributed by atoms with Crippen LogP contribution in [0.5, 0.6) is 5.75 Å². The smallest absolute Gasteiger partial charge is 0.240 e. The first-order valence-corrected chi connectivity index (χ1v) is 5.24. The van der Waals surface area contributed by atoms with Gasteiger partial charge in [0, 0.05) is 0 Å². The van der Waals surface area contributed by atoms with Crippen molar-refractivity contribution in [3.8, 4) is 17.1 Å². The van der Waals surface area contributed by atoms with Crippen molar-refractivity contribution in [2.45, 2.75) is 19.8 Å². The van der Waals surface area contributed by atoms with E-state index in [0.29, 0.717) is 30.5 Å². The highest BCUT2D eigenvalue weighted by Gasteiger charge is 2.22. The molecule has 1 aliphatic heterocycles. The van der Waals surface area contributed by atoms with Crippen LogP contribution < -0.4 is 5.73 Å². The molecular formula is C11H11N3O3. The van der Waals surface area contributed by atoms with E-state index in [9.17, 15) is 5.11 Å². The number of hydrogen-bond donors (Lipinski definition) is 2. The molecule has 1 aromatic heterocycles. The quantitative estimate of drug-likeness (QED) is 0.801. The Hall–Kier alpha value is -1.92. The minimum Gasteiger partial charge on any atom is -0.507 e. The molecule has 6 heteroatoms. The van der Waals surface area contributed by atoms with E-state index in [-0.39, 0.29) is 12.3 Å². The summed E-state index contributed by atoms with van der Waals surface area (Å²) in [6, 6.07) is 3.45. The molecule has 17 heavy (non-hydrogen) atoms. The Morgan fingerprint density at radius 3 is 3.00 bits per heavy atom. The molecule has 1 aromatic carbocycles. The summed E-state index contributed by atoms with van der Waals surface area (Å²) in [5.41, 5.74) is 7.93. The standard InChI is InChI=1S/C11H11N3O3/c12-3-9-13-11(14-17-9)10-7-5-16-4-6(7)1-2-8(10)15/h1-2,15H,3-5,12H2. The van der Waals surface area contributed by atoms with Crippen LogP contribution in [0.3, 0.4) is 0 Å². The van der Waals surface area contributed by atoms with Crippen molar-refractivity contribution in [3.63, 3.8) is 0 Å². The second-order valence-corrected chi connectivity index (χ2v) is 3.81. The average Bonchev–Trinajstić information content (AvgIpc) is 2.96. The SMILES string of the molecule is NCc1nc(-c2c(O)ccc3c2COC3)no1. The minimum atomic E-state index is 0.124. The number of nitrogens with zero attached hydrogens (tertiary/aromatic N) is 2. The molecule has 0 amide bonds. The van der Waals surface area contributed by atoms with E-state index in [1.54, 1.807) is 6.07 Å². The monoisotopic (exact) mass is 233 g/mol. The summed E-state index contributed by atoms with van der Waals surface area (Å²) < 4.78 is 10.3. The normalized spacial score (nSPS) is 13.9. The lowest BCUT2D eigenvalue weighted by molar-refractivity contribution is 0.134. The average molecular weight is 233 g/mol. The molecular weight excluding hydrogens is 222 g/mol. The number of aromatic nitrogens is 2. The minimum absolute atomic E-state index is 0.124. The highest BCUT2D eigenvalue weighted by Crippen LogP contribution is 2.36. The highest BCUT2D eigenvalue weighted by molar-refractivity contribution is 5.69. The molecule has 6 nitrogen and oxygen atoms in total. The van der Waals surface area contributed by atoms with Gasteiger partial charge in [0.1, 0.15) is 5.75 Å². The molecule has 0 saturated heterocycles. The first-order valence-electron chi connectivity index (χ1n) is 5.24. The van der Waals surface area contributed by atoms with Crippen LogP contribution in [0.2, 0.25) is 0 Å². The Bertz CT molecular complexity index is 565. The maximum Gasteiger partial charge on any atom is 0.240 e. The molecule has 2 aromatic rings. The van der Waals surface area contributed by atoms with E-state index in [1.165, 1.54) is 0 Å². The maximum atomic E-state index is 9.90. The van der Waals surface area contributed by atoms with Gasteiger partial charge < -0.3 is 20.1 Å². The number of fused-ring (bicyclic) bond motifs is 1. The Morgan fingerprint density at radius 2 is 2.24 bits per heavy atom. The zero-order valence-corrected chi connectivity index (χ0v) is 9.01. The number of benzene rings is 1. The van der Waals surface area contributed by atoms with Gasteiger partial charge in [0.25, 0.3) is 0 Å². The van der Waals surface area contributed by atoms with E-state index in [1.807, 2.05) is 6.07 Å². The molecule has 3 rings (SSSR count). The van der Waals surface area contributed by atoms with Crippen molar-refractivity contribution in [3.05, 3.63) is 29.2 Å².